The van der Waals surface area contributed by atoms with Crippen molar-refractivity contribution in [2.45, 2.75) is 6.61 Å². The van der Waals surface area contributed by atoms with Crippen molar-refractivity contribution in [2.75, 3.05) is 13.2 Å². The standard InChI is InChI=1S/C18H14N2O5/c21-18(13-6-7-14-15(10-13)23-9-8-22-14)24-11-16-19-17(20-25-16)12-4-2-1-3-5-12/h1-7,10H,8-9,11H2. The van der Waals surface area contributed by atoms with Crippen molar-refractivity contribution in [3.8, 4) is 22.9 Å². The highest BCUT2D eigenvalue weighted by Gasteiger charge is 2.17. The summed E-state index contributed by atoms with van der Waals surface area (Å²) in [6.07, 6.45) is 0. The number of rotatable bonds is 4. The van der Waals surface area contributed by atoms with Crippen molar-refractivity contribution >= 4 is 5.97 Å². The highest BCUT2D eigenvalue weighted by Crippen LogP contribution is 2.31. The molecule has 1 aliphatic heterocycles. The molecule has 0 aliphatic carbocycles. The molecule has 0 fully saturated rings. The van der Waals surface area contributed by atoms with Gasteiger partial charge in [0, 0.05) is 5.56 Å². The second-order valence-electron chi connectivity index (χ2n) is 5.31. The minimum Gasteiger partial charge on any atom is -0.486 e. The third kappa shape index (κ3) is 3.30. The Balaban J connectivity index is 1.41. The molecule has 0 spiro atoms. The number of fused-ring (bicyclic) bond motifs is 1. The summed E-state index contributed by atoms with van der Waals surface area (Å²) in [7, 11) is 0. The van der Waals surface area contributed by atoms with Crippen molar-refractivity contribution in [3.05, 3.63) is 60.0 Å². The van der Waals surface area contributed by atoms with E-state index in [2.05, 4.69) is 10.1 Å². The van der Waals surface area contributed by atoms with Crippen LogP contribution >= 0.6 is 0 Å². The van der Waals surface area contributed by atoms with Gasteiger partial charge in [-0.05, 0) is 18.2 Å². The first-order valence-corrected chi connectivity index (χ1v) is 7.74. The fraction of sp³-hybridized carbons (Fsp3) is 0.167. The molecule has 2 aromatic carbocycles. The summed E-state index contributed by atoms with van der Waals surface area (Å²) in [5.74, 6) is 1.32. The molecular weight excluding hydrogens is 324 g/mol. The Bertz CT molecular complexity index is 891. The SMILES string of the molecule is O=C(OCc1nc(-c2ccccc2)no1)c1ccc2c(c1)OCCO2. The summed E-state index contributed by atoms with van der Waals surface area (Å²) in [5, 5.41) is 3.88. The van der Waals surface area contributed by atoms with E-state index in [9.17, 15) is 4.79 Å². The van der Waals surface area contributed by atoms with E-state index >= 15 is 0 Å². The number of carbonyl (C=O) groups is 1. The molecule has 0 unspecified atom stereocenters. The normalized spacial score (nSPS) is 12.6. The maximum Gasteiger partial charge on any atom is 0.338 e. The van der Waals surface area contributed by atoms with Gasteiger partial charge in [0.1, 0.15) is 13.2 Å². The van der Waals surface area contributed by atoms with Crippen LogP contribution < -0.4 is 9.47 Å². The molecule has 0 saturated carbocycles. The van der Waals surface area contributed by atoms with Crippen LogP contribution in [-0.2, 0) is 11.3 Å². The van der Waals surface area contributed by atoms with Crippen LogP contribution in [0.1, 0.15) is 16.2 Å². The molecule has 4 rings (SSSR count). The lowest BCUT2D eigenvalue weighted by Crippen LogP contribution is -2.16. The van der Waals surface area contributed by atoms with Crippen molar-refractivity contribution in [3.63, 3.8) is 0 Å². The van der Waals surface area contributed by atoms with Crippen molar-refractivity contribution < 1.29 is 23.5 Å². The first-order valence-electron chi connectivity index (χ1n) is 7.74. The van der Waals surface area contributed by atoms with Crippen LogP contribution in [0.4, 0.5) is 0 Å². The molecule has 0 N–H and O–H groups in total. The number of hydrogen-bond acceptors (Lipinski definition) is 7. The number of nitrogens with zero attached hydrogens (tertiary/aromatic N) is 2. The summed E-state index contributed by atoms with van der Waals surface area (Å²) >= 11 is 0. The lowest BCUT2D eigenvalue weighted by atomic mass is 10.2. The zero-order chi connectivity index (χ0) is 17.1. The molecule has 1 aliphatic rings. The van der Waals surface area contributed by atoms with Gasteiger partial charge in [-0.1, -0.05) is 35.5 Å². The molecule has 7 nitrogen and oxygen atoms in total. The first kappa shape index (κ1) is 15.2. The van der Waals surface area contributed by atoms with Gasteiger partial charge in [0.15, 0.2) is 18.1 Å². The summed E-state index contributed by atoms with van der Waals surface area (Å²) in [4.78, 5) is 16.4. The second kappa shape index (κ2) is 6.64. The van der Waals surface area contributed by atoms with E-state index in [-0.39, 0.29) is 12.5 Å². The maximum atomic E-state index is 12.2. The highest BCUT2D eigenvalue weighted by atomic mass is 16.6. The number of esters is 1. The second-order valence-corrected chi connectivity index (χ2v) is 5.31. The Hall–Kier alpha value is -3.35. The van der Waals surface area contributed by atoms with E-state index in [1.165, 1.54) is 0 Å². The lowest BCUT2D eigenvalue weighted by molar-refractivity contribution is 0.0429. The topological polar surface area (TPSA) is 83.7 Å². The van der Waals surface area contributed by atoms with E-state index in [1.807, 2.05) is 30.3 Å². The highest BCUT2D eigenvalue weighted by molar-refractivity contribution is 5.90. The van der Waals surface area contributed by atoms with Gasteiger partial charge in [-0.3, -0.25) is 0 Å². The van der Waals surface area contributed by atoms with Crippen LogP contribution in [0.3, 0.4) is 0 Å². The molecule has 0 radical (unpaired) electrons. The molecular formula is C18H14N2O5. The monoisotopic (exact) mass is 338 g/mol. The molecule has 3 aromatic rings. The molecule has 2 heterocycles. The van der Waals surface area contributed by atoms with Gasteiger partial charge in [0.2, 0.25) is 5.82 Å². The van der Waals surface area contributed by atoms with Crippen molar-refractivity contribution in [1.29, 1.82) is 0 Å². The summed E-state index contributed by atoms with van der Waals surface area (Å²) in [6.45, 7) is 0.848. The van der Waals surface area contributed by atoms with Crippen LogP contribution in [0, 0.1) is 0 Å². The van der Waals surface area contributed by atoms with Crippen LogP contribution in [0.15, 0.2) is 53.1 Å². The number of ether oxygens (including phenoxy) is 3. The molecule has 126 valence electrons. The molecule has 7 heteroatoms. The lowest BCUT2D eigenvalue weighted by Gasteiger charge is -2.18. The Kier molecular flexibility index (Phi) is 4.04. The third-order valence-corrected chi connectivity index (χ3v) is 3.60. The molecule has 0 atom stereocenters. The smallest absolute Gasteiger partial charge is 0.338 e. The van der Waals surface area contributed by atoms with Gasteiger partial charge in [0.25, 0.3) is 5.89 Å². The maximum absolute atomic E-state index is 12.2. The van der Waals surface area contributed by atoms with Gasteiger partial charge in [0.05, 0.1) is 5.56 Å². The zero-order valence-corrected chi connectivity index (χ0v) is 13.2. The Morgan fingerprint density at radius 3 is 2.68 bits per heavy atom. The van der Waals surface area contributed by atoms with Gasteiger partial charge in [-0.15, -0.1) is 0 Å². The number of benzene rings is 2. The van der Waals surface area contributed by atoms with E-state index in [0.717, 1.165) is 5.56 Å². The summed E-state index contributed by atoms with van der Waals surface area (Å²) in [6, 6.07) is 14.3. The molecule has 0 saturated heterocycles. The fourth-order valence-electron chi connectivity index (χ4n) is 2.40. The largest absolute Gasteiger partial charge is 0.486 e. The van der Waals surface area contributed by atoms with Crippen LogP contribution in [0.5, 0.6) is 11.5 Å². The summed E-state index contributed by atoms with van der Waals surface area (Å²) < 4.78 is 21.2. The fourth-order valence-corrected chi connectivity index (χ4v) is 2.40. The molecule has 1 aromatic heterocycles. The molecule has 0 bridgehead atoms. The average molecular weight is 338 g/mol. The minimum atomic E-state index is -0.503. The van der Waals surface area contributed by atoms with Crippen molar-refractivity contribution in [1.82, 2.24) is 10.1 Å². The molecule has 25 heavy (non-hydrogen) atoms. The predicted molar refractivity (Wildman–Crippen MR) is 86.3 cm³/mol. The number of hydrogen-bond donors (Lipinski definition) is 0. The van der Waals surface area contributed by atoms with E-state index in [1.54, 1.807) is 18.2 Å². The van der Waals surface area contributed by atoms with Gasteiger partial charge in [-0.2, -0.15) is 4.98 Å². The van der Waals surface area contributed by atoms with E-state index < -0.39 is 5.97 Å². The number of aromatic nitrogens is 2. The van der Waals surface area contributed by atoms with E-state index in [4.69, 9.17) is 18.7 Å². The average Bonchev–Trinajstić information content (AvgIpc) is 3.15. The molecule has 0 amide bonds. The van der Waals surface area contributed by atoms with Crippen LogP contribution in [0.25, 0.3) is 11.4 Å². The van der Waals surface area contributed by atoms with Gasteiger partial charge >= 0.3 is 5.97 Å². The Labute approximate surface area is 143 Å². The Morgan fingerprint density at radius 2 is 1.84 bits per heavy atom. The van der Waals surface area contributed by atoms with E-state index in [0.29, 0.717) is 36.1 Å². The van der Waals surface area contributed by atoms with Gasteiger partial charge in [-0.25, -0.2) is 4.79 Å². The summed E-state index contributed by atoms with van der Waals surface area (Å²) in [5.41, 5.74) is 1.20. The van der Waals surface area contributed by atoms with Crippen LogP contribution in [-0.4, -0.2) is 29.3 Å². The minimum absolute atomic E-state index is 0.104. The van der Waals surface area contributed by atoms with Crippen LogP contribution in [0.2, 0.25) is 0 Å². The van der Waals surface area contributed by atoms with Crippen molar-refractivity contribution in [2.24, 2.45) is 0 Å². The predicted octanol–water partition coefficient (Wildman–Crippen LogP) is 2.86. The Morgan fingerprint density at radius 1 is 1.04 bits per heavy atom. The third-order valence-electron chi connectivity index (χ3n) is 3.60. The first-order chi connectivity index (χ1) is 12.3. The zero-order valence-electron chi connectivity index (χ0n) is 13.2. The van der Waals surface area contributed by atoms with Gasteiger partial charge < -0.3 is 18.7 Å². The quantitative estimate of drug-likeness (QED) is 0.676. The number of carbonyl (C=O) groups excluding carboxylic acids is 1.